The van der Waals surface area contributed by atoms with Gasteiger partial charge in [-0.25, -0.2) is 4.79 Å². The summed E-state index contributed by atoms with van der Waals surface area (Å²) in [5.41, 5.74) is 3.15. The van der Waals surface area contributed by atoms with Gasteiger partial charge in [-0.3, -0.25) is 0 Å². The molecule has 4 rings (SSSR count). The maximum atomic E-state index is 12.5. The van der Waals surface area contributed by atoms with E-state index >= 15 is 0 Å². The van der Waals surface area contributed by atoms with Crippen LogP contribution in [0.1, 0.15) is 26.3 Å². The normalized spacial score (nSPS) is 11.5. The topological polar surface area (TPSA) is 92.1 Å². The highest BCUT2D eigenvalue weighted by Gasteiger charge is 2.22. The Labute approximate surface area is 184 Å². The van der Waals surface area contributed by atoms with Gasteiger partial charge in [0.05, 0.1) is 5.69 Å². The van der Waals surface area contributed by atoms with Gasteiger partial charge in [-0.2, -0.15) is 0 Å². The average molecular weight is 436 g/mol. The molecule has 1 aromatic heterocycles. The summed E-state index contributed by atoms with van der Waals surface area (Å²) in [7, 11) is 0. The van der Waals surface area contributed by atoms with Crippen LogP contribution in [0.25, 0.3) is 16.7 Å². The summed E-state index contributed by atoms with van der Waals surface area (Å²) in [5, 5.41) is 25.9. The number of phenols is 1. The Balaban J connectivity index is 1.75. The molecule has 3 aromatic carbocycles. The van der Waals surface area contributed by atoms with Gasteiger partial charge in [0, 0.05) is 10.7 Å². The van der Waals surface area contributed by atoms with E-state index in [-0.39, 0.29) is 16.9 Å². The fourth-order valence-electron chi connectivity index (χ4n) is 3.10. The van der Waals surface area contributed by atoms with Gasteiger partial charge in [0.25, 0.3) is 0 Å². The van der Waals surface area contributed by atoms with Gasteiger partial charge in [0.15, 0.2) is 5.75 Å². The van der Waals surface area contributed by atoms with Gasteiger partial charge in [-0.05, 0) is 53.4 Å². The van der Waals surface area contributed by atoms with Crippen LogP contribution < -0.4 is 10.6 Å². The van der Waals surface area contributed by atoms with Gasteiger partial charge < -0.3 is 15.7 Å². The number of amides is 2. The minimum Gasteiger partial charge on any atom is -0.504 e. The fraction of sp³-hybridized carbons (Fsp3) is 0.174. The van der Waals surface area contributed by atoms with Gasteiger partial charge >= 0.3 is 6.03 Å². The van der Waals surface area contributed by atoms with Crippen LogP contribution in [-0.4, -0.2) is 26.1 Å². The van der Waals surface area contributed by atoms with Crippen LogP contribution in [0, 0.1) is 0 Å². The number of anilines is 2. The number of para-hydroxylation sites is 1. The lowest BCUT2D eigenvalue weighted by atomic mass is 9.86. The number of halogens is 1. The van der Waals surface area contributed by atoms with E-state index in [1.807, 2.05) is 45.0 Å². The lowest BCUT2D eigenvalue weighted by molar-refractivity contribution is 0.262. The number of rotatable bonds is 3. The second kappa shape index (κ2) is 7.92. The largest absolute Gasteiger partial charge is 0.504 e. The number of aromatic nitrogens is 3. The number of nitrogens with zero attached hydrogens (tertiary/aromatic N) is 3. The third kappa shape index (κ3) is 4.46. The number of carbonyl (C=O) groups excluding carboxylic acids is 1. The minimum absolute atomic E-state index is 0.136. The number of urea groups is 1. The fourth-order valence-corrected chi connectivity index (χ4v) is 3.27. The SMILES string of the molecule is CC(C)(C)c1cc(NC(=O)Nc2ccccc2)c(O)c(-n2nc3ccc(Cl)cc3n2)c1. The molecule has 7 nitrogen and oxygen atoms in total. The van der Waals surface area contributed by atoms with Crippen molar-refractivity contribution < 1.29 is 9.90 Å². The highest BCUT2D eigenvalue weighted by atomic mass is 35.5. The first-order valence-electron chi connectivity index (χ1n) is 9.74. The zero-order valence-electron chi connectivity index (χ0n) is 17.3. The predicted octanol–water partition coefficient (Wildman–Crippen LogP) is 5.72. The van der Waals surface area contributed by atoms with Gasteiger partial charge in [-0.15, -0.1) is 15.0 Å². The van der Waals surface area contributed by atoms with Crippen molar-refractivity contribution in [3.63, 3.8) is 0 Å². The Bertz CT molecular complexity index is 1260. The molecule has 158 valence electrons. The van der Waals surface area contributed by atoms with E-state index in [9.17, 15) is 9.90 Å². The van der Waals surface area contributed by atoms with Crippen LogP contribution in [-0.2, 0) is 5.41 Å². The standard InChI is InChI=1S/C23H22ClN5O2/c1-23(2,3)14-11-19(26-22(31)25-16-7-5-4-6-8-16)21(30)20(12-14)29-27-17-10-9-15(24)13-18(17)28-29/h4-13,30H,1-3H3,(H2,25,26,31). The maximum Gasteiger partial charge on any atom is 0.323 e. The zero-order valence-corrected chi connectivity index (χ0v) is 18.1. The van der Waals surface area contributed by atoms with Crippen molar-refractivity contribution in [1.82, 2.24) is 15.0 Å². The van der Waals surface area contributed by atoms with Crippen molar-refractivity contribution in [2.45, 2.75) is 26.2 Å². The lowest BCUT2D eigenvalue weighted by Gasteiger charge is -2.22. The number of nitrogens with one attached hydrogen (secondary N) is 2. The molecule has 8 heteroatoms. The summed E-state index contributed by atoms with van der Waals surface area (Å²) in [4.78, 5) is 13.9. The molecule has 0 unspecified atom stereocenters. The summed E-state index contributed by atoms with van der Waals surface area (Å²) in [6.45, 7) is 6.14. The lowest BCUT2D eigenvalue weighted by Crippen LogP contribution is -2.21. The van der Waals surface area contributed by atoms with Gasteiger partial charge in [-0.1, -0.05) is 50.6 Å². The molecule has 0 aliphatic carbocycles. The van der Waals surface area contributed by atoms with Crippen molar-refractivity contribution >= 4 is 40.0 Å². The van der Waals surface area contributed by atoms with E-state index in [4.69, 9.17) is 11.6 Å². The smallest absolute Gasteiger partial charge is 0.323 e. The van der Waals surface area contributed by atoms with Crippen molar-refractivity contribution in [1.29, 1.82) is 0 Å². The third-order valence-corrected chi connectivity index (χ3v) is 5.03. The van der Waals surface area contributed by atoms with Gasteiger partial charge in [0.1, 0.15) is 16.7 Å². The van der Waals surface area contributed by atoms with Gasteiger partial charge in [0.2, 0.25) is 0 Å². The molecule has 31 heavy (non-hydrogen) atoms. The van der Waals surface area contributed by atoms with E-state index < -0.39 is 6.03 Å². The van der Waals surface area contributed by atoms with E-state index in [2.05, 4.69) is 20.8 Å². The predicted molar refractivity (Wildman–Crippen MR) is 123 cm³/mol. The van der Waals surface area contributed by atoms with Crippen molar-refractivity contribution in [3.05, 3.63) is 71.2 Å². The van der Waals surface area contributed by atoms with E-state index in [1.54, 1.807) is 36.4 Å². The molecule has 0 radical (unpaired) electrons. The molecule has 3 N–H and O–H groups in total. The summed E-state index contributed by atoms with van der Waals surface area (Å²) in [6.07, 6.45) is 0. The third-order valence-electron chi connectivity index (χ3n) is 4.79. The quantitative estimate of drug-likeness (QED) is 0.359. The summed E-state index contributed by atoms with van der Waals surface area (Å²) < 4.78 is 0. The second-order valence-corrected chi connectivity index (χ2v) is 8.65. The molecule has 4 aromatic rings. The average Bonchev–Trinajstić information content (AvgIpc) is 3.12. The Kier molecular flexibility index (Phi) is 5.29. The Morgan fingerprint density at radius 3 is 2.39 bits per heavy atom. The van der Waals surface area contributed by atoms with Crippen LogP contribution in [0.4, 0.5) is 16.2 Å². The molecule has 0 bridgehead atoms. The molecule has 0 aliphatic heterocycles. The molecule has 0 saturated carbocycles. The van der Waals surface area contributed by atoms with Crippen LogP contribution >= 0.6 is 11.6 Å². The Morgan fingerprint density at radius 2 is 1.68 bits per heavy atom. The number of hydrogen-bond acceptors (Lipinski definition) is 4. The van der Waals surface area contributed by atoms with E-state index in [0.29, 0.717) is 27.4 Å². The van der Waals surface area contributed by atoms with Crippen LogP contribution in [0.3, 0.4) is 0 Å². The molecule has 1 heterocycles. The molecule has 0 aliphatic rings. The summed E-state index contributed by atoms with van der Waals surface area (Å²) in [5.74, 6) is -0.136. The van der Waals surface area contributed by atoms with Crippen molar-refractivity contribution in [2.24, 2.45) is 0 Å². The van der Waals surface area contributed by atoms with Crippen molar-refractivity contribution in [3.8, 4) is 11.4 Å². The number of phenolic OH excluding ortho intramolecular Hbond substituents is 1. The molecule has 0 saturated heterocycles. The van der Waals surface area contributed by atoms with E-state index in [0.717, 1.165) is 5.56 Å². The molecular weight excluding hydrogens is 414 g/mol. The van der Waals surface area contributed by atoms with Crippen LogP contribution in [0.15, 0.2) is 60.7 Å². The molecular formula is C23H22ClN5O2. The van der Waals surface area contributed by atoms with Crippen LogP contribution in [0.2, 0.25) is 5.02 Å². The number of hydrogen-bond donors (Lipinski definition) is 3. The second-order valence-electron chi connectivity index (χ2n) is 8.21. The Hall–Kier alpha value is -3.58. The number of carbonyl (C=O) groups is 1. The molecule has 0 atom stereocenters. The highest BCUT2D eigenvalue weighted by Crippen LogP contribution is 2.36. The zero-order chi connectivity index (χ0) is 22.2. The Morgan fingerprint density at radius 1 is 0.968 bits per heavy atom. The number of fused-ring (bicyclic) bond motifs is 1. The highest BCUT2D eigenvalue weighted by molar-refractivity contribution is 6.31. The summed E-state index contributed by atoms with van der Waals surface area (Å²) >= 11 is 6.06. The monoisotopic (exact) mass is 435 g/mol. The van der Waals surface area contributed by atoms with Crippen molar-refractivity contribution in [2.75, 3.05) is 10.6 Å². The van der Waals surface area contributed by atoms with E-state index in [1.165, 1.54) is 4.80 Å². The molecule has 0 spiro atoms. The van der Waals surface area contributed by atoms with Crippen LogP contribution in [0.5, 0.6) is 5.75 Å². The minimum atomic E-state index is -0.469. The molecule has 0 fully saturated rings. The molecule has 2 amide bonds. The first-order chi connectivity index (χ1) is 14.7. The summed E-state index contributed by atoms with van der Waals surface area (Å²) in [6, 6.07) is 17.4. The maximum absolute atomic E-state index is 12.5. The number of aromatic hydroxyl groups is 1. The first kappa shape index (κ1) is 20.7. The number of benzene rings is 3. The first-order valence-corrected chi connectivity index (χ1v) is 10.1.